The van der Waals surface area contributed by atoms with Gasteiger partial charge in [0.05, 0.1) is 43.5 Å². The largest absolute Gasteiger partial charge is 0.439 e. The van der Waals surface area contributed by atoms with Gasteiger partial charge in [0.2, 0.25) is 29.5 Å². The number of halogens is 2. The molecule has 0 bridgehead atoms. The van der Waals surface area contributed by atoms with E-state index in [9.17, 15) is 28.4 Å². The summed E-state index contributed by atoms with van der Waals surface area (Å²) >= 11 is 7.73. The number of pyridine rings is 1. The molecule has 2 saturated heterocycles. The lowest BCUT2D eigenvalue weighted by molar-refractivity contribution is -0.123. The van der Waals surface area contributed by atoms with Gasteiger partial charge in [0.15, 0.2) is 0 Å². The molecule has 5 rings (SSSR count). The number of likely N-dealkylation sites (N-methyl/N-ethyl adjacent to an activating group) is 1. The molecule has 0 unspecified atom stereocenters. The van der Waals surface area contributed by atoms with Crippen LogP contribution in [0.1, 0.15) is 70.6 Å². The lowest BCUT2D eigenvalue weighted by atomic mass is 10.0. The molecule has 0 saturated carbocycles. The number of unbranched alkanes of at least 4 members (excludes halogenated alkanes) is 2. The molecule has 2 aromatic heterocycles. The number of urea groups is 1. The van der Waals surface area contributed by atoms with Crippen LogP contribution in [0.3, 0.4) is 0 Å². The number of hydrogen-bond donors (Lipinski definition) is 7. The first kappa shape index (κ1) is 57.3. The molecule has 2 aliphatic heterocycles. The Bertz CT molecular complexity index is 2200. The molecule has 72 heavy (non-hydrogen) atoms. The molecule has 6 amide bonds. The Balaban J connectivity index is 0.752. The Morgan fingerprint density at radius 2 is 1.46 bits per heavy atom. The molecular formula is C49H69ClFN11O9S. The number of nitrogens with one attached hydrogen (secondary N) is 7. The van der Waals surface area contributed by atoms with Crippen LogP contribution in [-0.2, 0) is 33.4 Å². The molecule has 1 aromatic carbocycles. The first-order valence-corrected chi connectivity index (χ1v) is 26.0. The smallest absolute Gasteiger partial charge is 0.315 e. The molecule has 3 atom stereocenters. The standard InChI is InChI=1S/C49H69ClFN11O9S/c1-62(24-8-17-46(66)60-41-13-6-12-40(58-41)59-42-32-47(56-34-55-42)71-35-18-19-37(51)36(50)31-35)23-5-4-20-52-44(64)15-7-16-45(65)54-22-10-26-69-28-30-70-29-27-68-25-9-21-53-43(63)14-3-2-11-39-48-38(33-72-39)57-49(67)61-48/h6,8,12-13,17-19,31-32,34,38-39,48H,2-5,7,9-11,14-16,20-30,33H2,1H3,(H,52,64)(H,53,63)(H,54,65)(H2,57,61,67)(H2,55,56,58,59,60,66)/t38-,39-,48-/m0/s1. The second kappa shape index (κ2) is 33.2. The first-order valence-electron chi connectivity index (χ1n) is 24.6. The van der Waals surface area contributed by atoms with Crippen LogP contribution in [0.2, 0.25) is 5.02 Å². The van der Waals surface area contributed by atoms with E-state index in [1.807, 2.05) is 18.8 Å². The van der Waals surface area contributed by atoms with E-state index in [1.165, 1.54) is 36.7 Å². The van der Waals surface area contributed by atoms with E-state index in [2.05, 4.69) is 57.1 Å². The summed E-state index contributed by atoms with van der Waals surface area (Å²) in [6.45, 7) is 5.79. The van der Waals surface area contributed by atoms with Crippen LogP contribution in [-0.4, -0.2) is 152 Å². The van der Waals surface area contributed by atoms with Gasteiger partial charge in [0, 0.05) is 87.9 Å². The van der Waals surface area contributed by atoms with E-state index < -0.39 is 5.82 Å². The maximum absolute atomic E-state index is 13.5. The highest BCUT2D eigenvalue weighted by Crippen LogP contribution is 2.33. The van der Waals surface area contributed by atoms with Crippen molar-refractivity contribution in [3.63, 3.8) is 0 Å². The van der Waals surface area contributed by atoms with Gasteiger partial charge in [0.25, 0.3) is 0 Å². The van der Waals surface area contributed by atoms with Crippen LogP contribution < -0.4 is 42.0 Å². The summed E-state index contributed by atoms with van der Waals surface area (Å²) in [5, 5.41) is 20.8. The fraction of sp³-hybridized carbons (Fsp3) is 0.551. The third kappa shape index (κ3) is 23.3. The Hall–Kier alpha value is -5.65. The monoisotopic (exact) mass is 1040 g/mol. The summed E-state index contributed by atoms with van der Waals surface area (Å²) in [7, 11) is 1.95. The number of fused-ring (bicyclic) bond motifs is 1. The van der Waals surface area contributed by atoms with Crippen molar-refractivity contribution < 1.29 is 47.3 Å². The van der Waals surface area contributed by atoms with Crippen LogP contribution in [0.5, 0.6) is 11.6 Å². The van der Waals surface area contributed by atoms with E-state index in [1.54, 1.807) is 24.3 Å². The summed E-state index contributed by atoms with van der Waals surface area (Å²) < 4.78 is 35.8. The highest BCUT2D eigenvalue weighted by molar-refractivity contribution is 8.00. The van der Waals surface area contributed by atoms with Crippen LogP contribution in [0.4, 0.5) is 26.6 Å². The number of benzene rings is 1. The molecule has 0 radical (unpaired) electrons. The minimum absolute atomic E-state index is 0.0587. The van der Waals surface area contributed by atoms with Crippen molar-refractivity contribution in [1.29, 1.82) is 0 Å². The van der Waals surface area contributed by atoms with Gasteiger partial charge in [-0.3, -0.25) is 19.2 Å². The fourth-order valence-corrected chi connectivity index (χ4v) is 9.17. The van der Waals surface area contributed by atoms with E-state index in [0.717, 1.165) is 50.8 Å². The Labute approximate surface area is 429 Å². The van der Waals surface area contributed by atoms with E-state index in [4.69, 9.17) is 30.5 Å². The minimum Gasteiger partial charge on any atom is -0.439 e. The van der Waals surface area contributed by atoms with E-state index in [-0.39, 0.29) is 65.5 Å². The predicted octanol–water partition coefficient (Wildman–Crippen LogP) is 5.48. The number of amides is 6. The number of hydrogen-bond acceptors (Lipinski definition) is 15. The van der Waals surface area contributed by atoms with Gasteiger partial charge in [-0.15, -0.1) is 0 Å². The number of carbonyl (C=O) groups is 5. The van der Waals surface area contributed by atoms with Crippen molar-refractivity contribution in [2.75, 3.05) is 95.8 Å². The van der Waals surface area contributed by atoms with Crippen LogP contribution >= 0.6 is 23.4 Å². The number of rotatable bonds is 36. The zero-order valence-electron chi connectivity index (χ0n) is 40.9. The Morgan fingerprint density at radius 3 is 2.17 bits per heavy atom. The predicted molar refractivity (Wildman–Crippen MR) is 274 cm³/mol. The summed E-state index contributed by atoms with van der Waals surface area (Å²) in [5.41, 5.74) is 0. The molecule has 2 aliphatic rings. The molecule has 3 aromatic rings. The second-order valence-electron chi connectivity index (χ2n) is 17.1. The topological polar surface area (TPSA) is 248 Å². The van der Waals surface area contributed by atoms with Gasteiger partial charge >= 0.3 is 6.03 Å². The Kier molecular flexibility index (Phi) is 26.4. The third-order valence-electron chi connectivity index (χ3n) is 11.2. The van der Waals surface area contributed by atoms with E-state index >= 15 is 0 Å². The highest BCUT2D eigenvalue weighted by atomic mass is 35.5. The van der Waals surface area contributed by atoms with Gasteiger partial charge in [-0.2, -0.15) is 11.8 Å². The average Bonchev–Trinajstić information content (AvgIpc) is 3.91. The lowest BCUT2D eigenvalue weighted by Gasteiger charge is -2.16. The summed E-state index contributed by atoms with van der Waals surface area (Å²) in [5.74, 6) is 1.58. The number of ether oxygens (including phenoxy) is 4. The van der Waals surface area contributed by atoms with Gasteiger partial charge in [0.1, 0.15) is 35.3 Å². The third-order valence-corrected chi connectivity index (χ3v) is 13.0. The first-order chi connectivity index (χ1) is 35.0. The van der Waals surface area contributed by atoms with Gasteiger partial charge in [-0.1, -0.05) is 30.2 Å². The zero-order valence-corrected chi connectivity index (χ0v) is 42.5. The fourth-order valence-electron chi connectivity index (χ4n) is 7.46. The van der Waals surface area contributed by atoms with Crippen molar-refractivity contribution >= 4 is 70.5 Å². The van der Waals surface area contributed by atoms with Crippen LogP contribution in [0, 0.1) is 5.82 Å². The molecule has 394 valence electrons. The maximum atomic E-state index is 13.5. The number of nitrogens with zero attached hydrogens (tertiary/aromatic N) is 4. The molecule has 7 N–H and O–H groups in total. The SMILES string of the molecule is CN(CC=CC(=O)Nc1cccc(Nc2cc(Oc3ccc(F)c(Cl)c3)ncn2)n1)CCCCNC(=O)CCCC(=O)NCCCOCCOCCOCCCNC(=O)CCCC[C@@H]1SC[C@@H]2NC(=O)N[C@@H]21. The van der Waals surface area contributed by atoms with E-state index in [0.29, 0.717) is 114 Å². The van der Waals surface area contributed by atoms with Crippen molar-refractivity contribution in [3.8, 4) is 11.6 Å². The number of carbonyl (C=O) groups excluding carboxylic acids is 5. The summed E-state index contributed by atoms with van der Waals surface area (Å²) in [6, 6.07) is 11.0. The quantitative estimate of drug-likeness (QED) is 0.0217. The lowest BCUT2D eigenvalue weighted by Crippen LogP contribution is -2.36. The number of anilines is 3. The highest BCUT2D eigenvalue weighted by Gasteiger charge is 2.42. The molecular weight excluding hydrogens is 973 g/mol. The van der Waals surface area contributed by atoms with Gasteiger partial charge in [-0.05, 0) is 82.8 Å². The molecule has 20 nitrogen and oxygen atoms in total. The molecule has 23 heteroatoms. The normalized spacial score (nSPS) is 16.0. The summed E-state index contributed by atoms with van der Waals surface area (Å²) in [6.07, 6.45) is 11.9. The minimum atomic E-state index is -0.559. The molecule has 0 spiro atoms. The molecule has 0 aliphatic carbocycles. The van der Waals surface area contributed by atoms with Crippen molar-refractivity contribution in [1.82, 2.24) is 46.4 Å². The second-order valence-corrected chi connectivity index (χ2v) is 18.8. The number of aromatic nitrogens is 3. The molecule has 2 fully saturated rings. The Morgan fingerprint density at radius 1 is 0.792 bits per heavy atom. The van der Waals surface area contributed by atoms with Crippen molar-refractivity contribution in [3.05, 3.63) is 71.8 Å². The van der Waals surface area contributed by atoms with Crippen LogP contribution in [0.25, 0.3) is 0 Å². The van der Waals surface area contributed by atoms with Crippen molar-refractivity contribution in [2.24, 2.45) is 0 Å². The number of thioether (sulfide) groups is 1. The van der Waals surface area contributed by atoms with Crippen LogP contribution in [0.15, 0.2) is 60.9 Å². The summed E-state index contributed by atoms with van der Waals surface area (Å²) in [4.78, 5) is 75.4. The van der Waals surface area contributed by atoms with Crippen molar-refractivity contribution in [2.45, 2.75) is 88.0 Å². The average molecular weight is 1040 g/mol. The van der Waals surface area contributed by atoms with Gasteiger partial charge in [-0.25, -0.2) is 24.1 Å². The zero-order chi connectivity index (χ0) is 51.2. The van der Waals surface area contributed by atoms with Gasteiger partial charge < -0.3 is 61.1 Å². The molecule has 4 heterocycles. The maximum Gasteiger partial charge on any atom is 0.315 e.